The molecule has 0 saturated heterocycles. The van der Waals surface area contributed by atoms with Crippen LogP contribution in [0.2, 0.25) is 5.02 Å². The molecule has 0 fully saturated rings. The lowest BCUT2D eigenvalue weighted by molar-refractivity contribution is 0.301. The lowest BCUT2D eigenvalue weighted by Gasteiger charge is -2.06. The van der Waals surface area contributed by atoms with Gasteiger partial charge in [-0.15, -0.1) is 0 Å². The second-order valence-corrected chi connectivity index (χ2v) is 6.63. The molecule has 0 unspecified atom stereocenters. The van der Waals surface area contributed by atoms with Gasteiger partial charge >= 0.3 is 0 Å². The Balaban J connectivity index is 1.39. The van der Waals surface area contributed by atoms with Gasteiger partial charge < -0.3 is 15.0 Å². The van der Waals surface area contributed by atoms with Crippen LogP contribution >= 0.6 is 11.6 Å². The molecule has 0 radical (unpaired) electrons. The summed E-state index contributed by atoms with van der Waals surface area (Å²) in [6.45, 7) is 0.360. The number of rotatable bonds is 6. The number of nitrogen functional groups attached to an aromatic ring is 1. The van der Waals surface area contributed by atoms with Crippen LogP contribution in [0.3, 0.4) is 0 Å². The van der Waals surface area contributed by atoms with E-state index in [4.69, 9.17) is 26.6 Å². The quantitative estimate of drug-likeness (QED) is 0.518. The van der Waals surface area contributed by atoms with Gasteiger partial charge in [0.1, 0.15) is 18.2 Å². The molecule has 4 rings (SSSR count). The molecule has 4 aromatic rings. The second kappa shape index (κ2) is 8.10. The van der Waals surface area contributed by atoms with E-state index in [1.807, 2.05) is 42.5 Å². The summed E-state index contributed by atoms with van der Waals surface area (Å²) in [6.07, 6.45) is 3.94. The van der Waals surface area contributed by atoms with Crippen molar-refractivity contribution in [2.75, 3.05) is 5.73 Å². The van der Waals surface area contributed by atoms with Gasteiger partial charge in [0.25, 0.3) is 0 Å². The van der Waals surface area contributed by atoms with Crippen molar-refractivity contribution in [3.8, 4) is 17.1 Å². The minimum absolute atomic E-state index is 0.360. The average Bonchev–Trinajstić information content (AvgIpc) is 3.16. The lowest BCUT2D eigenvalue weighted by Crippen LogP contribution is -1.98. The van der Waals surface area contributed by atoms with E-state index in [9.17, 15) is 0 Å². The normalized spacial score (nSPS) is 10.8. The lowest BCUT2D eigenvalue weighted by atomic mass is 10.1. The van der Waals surface area contributed by atoms with Crippen molar-refractivity contribution in [1.29, 1.82) is 0 Å². The van der Waals surface area contributed by atoms with Crippen LogP contribution in [0.1, 0.15) is 17.0 Å². The Bertz CT molecular complexity index is 1080. The minimum Gasteiger partial charge on any atom is -0.487 e. The Kier molecular flexibility index (Phi) is 5.21. The van der Waals surface area contributed by atoms with Gasteiger partial charge in [-0.2, -0.15) is 0 Å². The molecule has 3 aromatic heterocycles. The first-order chi connectivity index (χ1) is 13.7. The molecule has 3 heterocycles. The Morgan fingerprint density at radius 3 is 2.61 bits per heavy atom. The molecule has 0 bridgehead atoms. The standard InChI is InChI=1S/C21H17ClN4O2/c22-15-7-9-24-17(11-15)13-27-18-5-3-14(4-6-18)10-16-12-20(28-26-16)19-2-1-8-25-21(19)23/h1-9,11-12H,10,13H2,(H2,23,25). The summed E-state index contributed by atoms with van der Waals surface area (Å²) in [5.74, 6) is 1.78. The fraction of sp³-hybridized carbons (Fsp3) is 0.0952. The molecule has 0 amide bonds. The highest BCUT2D eigenvalue weighted by Crippen LogP contribution is 2.25. The average molecular weight is 393 g/mol. The second-order valence-electron chi connectivity index (χ2n) is 6.19. The Labute approximate surface area is 166 Å². The molecule has 0 aliphatic heterocycles. The first-order valence-corrected chi connectivity index (χ1v) is 9.04. The zero-order valence-electron chi connectivity index (χ0n) is 14.9. The maximum Gasteiger partial charge on any atom is 0.170 e. The van der Waals surface area contributed by atoms with E-state index in [0.29, 0.717) is 29.6 Å². The Morgan fingerprint density at radius 1 is 0.964 bits per heavy atom. The number of ether oxygens (including phenoxy) is 1. The number of pyridine rings is 2. The number of nitrogens with zero attached hydrogens (tertiary/aromatic N) is 3. The summed E-state index contributed by atoms with van der Waals surface area (Å²) in [5, 5.41) is 4.77. The van der Waals surface area contributed by atoms with Crippen molar-refractivity contribution in [2.24, 2.45) is 0 Å². The number of hydrogen-bond donors (Lipinski definition) is 1. The largest absolute Gasteiger partial charge is 0.487 e. The summed E-state index contributed by atoms with van der Waals surface area (Å²) in [4.78, 5) is 8.29. The van der Waals surface area contributed by atoms with Gasteiger partial charge in [0.15, 0.2) is 5.76 Å². The van der Waals surface area contributed by atoms with Gasteiger partial charge in [0, 0.05) is 29.9 Å². The SMILES string of the molecule is Nc1ncccc1-c1cc(Cc2ccc(OCc3cc(Cl)ccn3)cc2)no1. The van der Waals surface area contributed by atoms with Crippen molar-refractivity contribution in [3.05, 3.63) is 89.0 Å². The summed E-state index contributed by atoms with van der Waals surface area (Å²) >= 11 is 5.95. The van der Waals surface area contributed by atoms with Crippen molar-refractivity contribution in [1.82, 2.24) is 15.1 Å². The predicted octanol–water partition coefficient (Wildman–Crippen LogP) is 4.54. The number of nitrogens with two attached hydrogens (primary N) is 1. The topological polar surface area (TPSA) is 87.1 Å². The zero-order valence-corrected chi connectivity index (χ0v) is 15.6. The van der Waals surface area contributed by atoms with E-state index < -0.39 is 0 Å². The highest BCUT2D eigenvalue weighted by molar-refractivity contribution is 6.30. The molecular weight excluding hydrogens is 376 g/mol. The van der Waals surface area contributed by atoms with Gasteiger partial charge in [-0.3, -0.25) is 4.98 Å². The third-order valence-electron chi connectivity index (χ3n) is 4.14. The summed E-state index contributed by atoms with van der Waals surface area (Å²) in [7, 11) is 0. The smallest absolute Gasteiger partial charge is 0.170 e. The molecule has 0 spiro atoms. The number of halogens is 1. The van der Waals surface area contributed by atoms with Crippen LogP contribution in [0.25, 0.3) is 11.3 Å². The number of benzene rings is 1. The van der Waals surface area contributed by atoms with E-state index in [1.54, 1.807) is 24.5 Å². The third-order valence-corrected chi connectivity index (χ3v) is 4.37. The zero-order chi connectivity index (χ0) is 19.3. The van der Waals surface area contributed by atoms with Gasteiger partial charge in [0.05, 0.1) is 17.0 Å². The molecule has 7 heteroatoms. The van der Waals surface area contributed by atoms with Crippen LogP contribution in [0.15, 0.2) is 71.5 Å². The van der Waals surface area contributed by atoms with Crippen LogP contribution in [-0.2, 0) is 13.0 Å². The van der Waals surface area contributed by atoms with Crippen molar-refractivity contribution in [2.45, 2.75) is 13.0 Å². The van der Waals surface area contributed by atoms with E-state index >= 15 is 0 Å². The minimum atomic E-state index is 0.360. The van der Waals surface area contributed by atoms with Crippen molar-refractivity contribution in [3.63, 3.8) is 0 Å². The van der Waals surface area contributed by atoms with E-state index in [0.717, 1.165) is 28.3 Å². The Hall–Kier alpha value is -3.38. The molecule has 140 valence electrons. The van der Waals surface area contributed by atoms with Gasteiger partial charge in [-0.25, -0.2) is 4.98 Å². The van der Waals surface area contributed by atoms with Gasteiger partial charge in [0.2, 0.25) is 0 Å². The van der Waals surface area contributed by atoms with Crippen molar-refractivity contribution >= 4 is 17.4 Å². The molecule has 28 heavy (non-hydrogen) atoms. The Morgan fingerprint density at radius 2 is 1.82 bits per heavy atom. The number of hydrogen-bond acceptors (Lipinski definition) is 6. The van der Waals surface area contributed by atoms with Crippen LogP contribution in [0.4, 0.5) is 5.82 Å². The van der Waals surface area contributed by atoms with Crippen LogP contribution < -0.4 is 10.5 Å². The molecule has 1 aromatic carbocycles. The molecule has 6 nitrogen and oxygen atoms in total. The molecule has 0 aliphatic rings. The molecule has 2 N–H and O–H groups in total. The molecular formula is C21H17ClN4O2. The van der Waals surface area contributed by atoms with Crippen molar-refractivity contribution < 1.29 is 9.26 Å². The fourth-order valence-electron chi connectivity index (χ4n) is 2.75. The van der Waals surface area contributed by atoms with E-state index in [-0.39, 0.29) is 0 Å². The number of aromatic nitrogens is 3. The first-order valence-electron chi connectivity index (χ1n) is 8.66. The highest BCUT2D eigenvalue weighted by Gasteiger charge is 2.10. The van der Waals surface area contributed by atoms with Crippen LogP contribution in [0.5, 0.6) is 5.75 Å². The summed E-state index contributed by atoms with van der Waals surface area (Å²) in [5.41, 5.74) is 9.30. The summed E-state index contributed by atoms with van der Waals surface area (Å²) in [6, 6.07) is 16.9. The summed E-state index contributed by atoms with van der Waals surface area (Å²) < 4.78 is 11.2. The van der Waals surface area contributed by atoms with E-state index in [1.165, 1.54) is 0 Å². The monoisotopic (exact) mass is 392 g/mol. The highest BCUT2D eigenvalue weighted by atomic mass is 35.5. The fourth-order valence-corrected chi connectivity index (χ4v) is 2.93. The van der Waals surface area contributed by atoms with Gasteiger partial charge in [-0.1, -0.05) is 28.9 Å². The van der Waals surface area contributed by atoms with Crippen LogP contribution in [0, 0.1) is 0 Å². The molecule has 0 aliphatic carbocycles. The maximum absolute atomic E-state index is 5.95. The van der Waals surface area contributed by atoms with E-state index in [2.05, 4.69) is 15.1 Å². The van der Waals surface area contributed by atoms with Gasteiger partial charge in [-0.05, 0) is 42.0 Å². The predicted molar refractivity (Wildman–Crippen MR) is 107 cm³/mol. The first kappa shape index (κ1) is 18.0. The molecule has 0 saturated carbocycles. The third kappa shape index (κ3) is 4.29. The number of anilines is 1. The van der Waals surface area contributed by atoms with Crippen LogP contribution in [-0.4, -0.2) is 15.1 Å². The maximum atomic E-state index is 5.95. The molecule has 0 atom stereocenters.